The number of benzene rings is 3. The highest BCUT2D eigenvalue weighted by atomic mass is 16.3. The number of hydrogen-bond acceptors (Lipinski definition) is 2. The van der Waals surface area contributed by atoms with Crippen molar-refractivity contribution in [2.45, 2.75) is 31.8 Å². The normalized spacial score (nSPS) is 14.6. The lowest BCUT2D eigenvalue weighted by atomic mass is 9.83. The second-order valence-electron chi connectivity index (χ2n) is 6.79. The molecule has 0 unspecified atom stereocenters. The summed E-state index contributed by atoms with van der Waals surface area (Å²) in [5.74, 6) is 0.327. The van der Waals surface area contributed by atoms with E-state index in [1.807, 2.05) is 30.3 Å². The van der Waals surface area contributed by atoms with Crippen LogP contribution in [0.4, 0.5) is 0 Å². The average Bonchev–Trinajstić information content (AvgIpc) is 2.63. The number of aromatic hydroxyl groups is 1. The molecule has 0 aliphatic rings. The molecule has 2 nitrogen and oxygen atoms in total. The molecule has 3 aromatic carbocycles. The minimum atomic E-state index is -0.387. The third kappa shape index (κ3) is 4.09. The number of nitrogens with one attached hydrogen (secondary N) is 1. The van der Waals surface area contributed by atoms with Crippen LogP contribution in [0, 0.1) is 0 Å². The van der Waals surface area contributed by atoms with Crippen LogP contribution in [0.5, 0.6) is 5.75 Å². The highest BCUT2D eigenvalue weighted by molar-refractivity contribution is 5.39. The van der Waals surface area contributed by atoms with E-state index in [1.165, 1.54) is 11.1 Å². The molecule has 0 aliphatic carbocycles. The van der Waals surface area contributed by atoms with Crippen molar-refractivity contribution in [1.29, 1.82) is 0 Å². The fourth-order valence-electron chi connectivity index (χ4n) is 3.47. The Labute approximate surface area is 150 Å². The van der Waals surface area contributed by atoms with Crippen molar-refractivity contribution in [3.05, 3.63) is 102 Å². The predicted octanol–water partition coefficient (Wildman–Crippen LogP) is 5.20. The Morgan fingerprint density at radius 2 is 1.40 bits per heavy atom. The van der Waals surface area contributed by atoms with Crippen LogP contribution in [0.25, 0.3) is 0 Å². The van der Waals surface area contributed by atoms with E-state index >= 15 is 0 Å². The minimum absolute atomic E-state index is 0.162. The Kier molecular flexibility index (Phi) is 5.20. The van der Waals surface area contributed by atoms with Crippen molar-refractivity contribution in [2.24, 2.45) is 0 Å². The molecule has 0 saturated heterocycles. The third-order valence-electron chi connectivity index (χ3n) is 4.73. The van der Waals surface area contributed by atoms with E-state index in [9.17, 15) is 5.11 Å². The highest BCUT2D eigenvalue weighted by Gasteiger charge is 2.31. The van der Waals surface area contributed by atoms with Crippen molar-refractivity contribution in [2.75, 3.05) is 0 Å². The maximum atomic E-state index is 10.5. The van der Waals surface area contributed by atoms with Gasteiger partial charge in [-0.15, -0.1) is 0 Å². The maximum Gasteiger partial charge on any atom is 0.120 e. The summed E-state index contributed by atoms with van der Waals surface area (Å²) in [6.07, 6.45) is 0.794. The molecule has 2 atom stereocenters. The Morgan fingerprint density at radius 3 is 2.04 bits per heavy atom. The van der Waals surface area contributed by atoms with Crippen LogP contribution < -0.4 is 5.32 Å². The molecule has 3 rings (SSSR count). The minimum Gasteiger partial charge on any atom is -0.508 e. The summed E-state index contributed by atoms with van der Waals surface area (Å²) in [5, 5.41) is 14.2. The molecular weight excluding hydrogens is 306 g/mol. The Bertz CT molecular complexity index is 801. The zero-order valence-corrected chi connectivity index (χ0v) is 14.8. The molecule has 128 valence electrons. The molecule has 3 aromatic rings. The summed E-state index contributed by atoms with van der Waals surface area (Å²) < 4.78 is 0. The lowest BCUT2D eigenvalue weighted by Crippen LogP contribution is -2.43. The Balaban J connectivity index is 1.95. The summed E-state index contributed by atoms with van der Waals surface area (Å²) in [6, 6.07) is 28.6. The van der Waals surface area contributed by atoms with Gasteiger partial charge in [0.05, 0.1) is 0 Å². The molecular formula is C23H25NO. The molecule has 0 bridgehead atoms. The first kappa shape index (κ1) is 17.2. The quantitative estimate of drug-likeness (QED) is 0.650. The van der Waals surface area contributed by atoms with Crippen LogP contribution in [0.3, 0.4) is 0 Å². The molecule has 0 spiro atoms. The van der Waals surface area contributed by atoms with Crippen LogP contribution in [-0.2, 0) is 12.0 Å². The summed E-state index contributed by atoms with van der Waals surface area (Å²) in [4.78, 5) is 0. The topological polar surface area (TPSA) is 32.3 Å². The standard InChI is InChI=1S/C23H25NO/c1-18(20-13-7-4-8-14-20)24-23(2,17-19-11-5-3-6-12-19)21-15-9-10-16-22(21)25/h3-16,18,24-25H,17H2,1-2H3/t18-,23+/m1/s1. The van der Waals surface area contributed by atoms with Crippen molar-refractivity contribution in [3.63, 3.8) is 0 Å². The number of rotatable bonds is 6. The van der Waals surface area contributed by atoms with E-state index in [-0.39, 0.29) is 11.6 Å². The van der Waals surface area contributed by atoms with Gasteiger partial charge in [-0.05, 0) is 37.5 Å². The van der Waals surface area contributed by atoms with Crippen LogP contribution in [0.2, 0.25) is 0 Å². The first-order chi connectivity index (χ1) is 12.1. The molecule has 0 saturated carbocycles. The first-order valence-electron chi connectivity index (χ1n) is 8.73. The highest BCUT2D eigenvalue weighted by Crippen LogP contribution is 2.34. The monoisotopic (exact) mass is 331 g/mol. The lowest BCUT2D eigenvalue weighted by molar-refractivity contribution is 0.311. The molecule has 2 N–H and O–H groups in total. The van der Waals surface area contributed by atoms with Crippen molar-refractivity contribution >= 4 is 0 Å². The summed E-state index contributed by atoms with van der Waals surface area (Å²) >= 11 is 0. The molecule has 25 heavy (non-hydrogen) atoms. The third-order valence-corrected chi connectivity index (χ3v) is 4.73. The van der Waals surface area contributed by atoms with E-state index in [1.54, 1.807) is 6.07 Å². The number of phenolic OH excluding ortho intramolecular Hbond substituents is 1. The van der Waals surface area contributed by atoms with Gasteiger partial charge in [0.1, 0.15) is 5.75 Å². The number of para-hydroxylation sites is 1. The van der Waals surface area contributed by atoms with Gasteiger partial charge in [0.2, 0.25) is 0 Å². The molecule has 0 radical (unpaired) electrons. The van der Waals surface area contributed by atoms with Gasteiger partial charge in [-0.25, -0.2) is 0 Å². The largest absolute Gasteiger partial charge is 0.508 e. The number of hydrogen-bond donors (Lipinski definition) is 2. The Hall–Kier alpha value is -2.58. The van der Waals surface area contributed by atoms with Gasteiger partial charge in [-0.1, -0.05) is 78.9 Å². The van der Waals surface area contributed by atoms with Gasteiger partial charge < -0.3 is 10.4 Å². The van der Waals surface area contributed by atoms with Crippen LogP contribution in [0.1, 0.15) is 36.6 Å². The van der Waals surface area contributed by atoms with Gasteiger partial charge >= 0.3 is 0 Å². The molecule has 0 fully saturated rings. The molecule has 0 amide bonds. The van der Waals surface area contributed by atoms with E-state index in [0.717, 1.165) is 12.0 Å². The van der Waals surface area contributed by atoms with Gasteiger partial charge in [0, 0.05) is 17.1 Å². The second-order valence-corrected chi connectivity index (χ2v) is 6.79. The summed E-state index contributed by atoms with van der Waals surface area (Å²) in [5.41, 5.74) is 3.00. The van der Waals surface area contributed by atoms with Crippen LogP contribution >= 0.6 is 0 Å². The first-order valence-corrected chi connectivity index (χ1v) is 8.73. The van der Waals surface area contributed by atoms with Crippen LogP contribution in [-0.4, -0.2) is 5.11 Å². The van der Waals surface area contributed by atoms with Crippen molar-refractivity contribution < 1.29 is 5.11 Å². The molecule has 0 aromatic heterocycles. The van der Waals surface area contributed by atoms with Crippen LogP contribution in [0.15, 0.2) is 84.9 Å². The summed E-state index contributed by atoms with van der Waals surface area (Å²) in [6.45, 7) is 4.33. The van der Waals surface area contributed by atoms with Crippen molar-refractivity contribution in [3.8, 4) is 5.75 Å². The lowest BCUT2D eigenvalue weighted by Gasteiger charge is -2.35. The fraction of sp³-hybridized carbons (Fsp3) is 0.217. The molecule has 0 aliphatic heterocycles. The fourth-order valence-corrected chi connectivity index (χ4v) is 3.47. The maximum absolute atomic E-state index is 10.5. The van der Waals surface area contributed by atoms with Gasteiger partial charge in [0.25, 0.3) is 0 Å². The molecule has 2 heteroatoms. The zero-order valence-electron chi connectivity index (χ0n) is 14.8. The SMILES string of the molecule is C[C@@H](N[C@@](C)(Cc1ccccc1)c1ccccc1O)c1ccccc1. The van der Waals surface area contributed by atoms with Gasteiger partial charge in [0.15, 0.2) is 0 Å². The van der Waals surface area contributed by atoms with E-state index in [2.05, 4.69) is 67.7 Å². The van der Waals surface area contributed by atoms with Crippen molar-refractivity contribution in [1.82, 2.24) is 5.32 Å². The second kappa shape index (κ2) is 7.54. The Morgan fingerprint density at radius 1 is 0.840 bits per heavy atom. The van der Waals surface area contributed by atoms with E-state index in [0.29, 0.717) is 5.75 Å². The van der Waals surface area contributed by atoms with E-state index < -0.39 is 0 Å². The average molecular weight is 331 g/mol. The van der Waals surface area contributed by atoms with Gasteiger partial charge in [-0.3, -0.25) is 0 Å². The molecule has 0 heterocycles. The number of phenols is 1. The zero-order chi connectivity index (χ0) is 17.7. The smallest absolute Gasteiger partial charge is 0.120 e. The predicted molar refractivity (Wildman–Crippen MR) is 104 cm³/mol. The summed E-state index contributed by atoms with van der Waals surface area (Å²) in [7, 11) is 0. The van der Waals surface area contributed by atoms with Gasteiger partial charge in [-0.2, -0.15) is 0 Å². The van der Waals surface area contributed by atoms with E-state index in [4.69, 9.17) is 0 Å².